The molecule has 15 nitrogen and oxygen atoms in total. The van der Waals surface area contributed by atoms with Crippen LogP contribution in [0.1, 0.15) is 48.0 Å². The SMILES string of the molecule is CC(=O)O[C@H]1[C@H]2[C@@H]([C@@H](O)[C@H](NS(=O)(=O)c3ccccc3Br)C3C[C@@H]4O[C@@H]4[C@H](O)[C@@]32C)[C@@H]2[C@@H](O)[C@@H]3[C@H]([C@H](C)[C@H]4O[C@]45OC(=O)[C@@](C)(O)[C@]35C)[C@@]2(C(C)=O)[C@H]1O. The van der Waals surface area contributed by atoms with Crippen LogP contribution in [0.15, 0.2) is 33.6 Å². The Balaban J connectivity index is 1.28. The normalized spacial score (nSPS) is 56.1. The van der Waals surface area contributed by atoms with E-state index in [-0.39, 0.29) is 15.8 Å². The van der Waals surface area contributed by atoms with Gasteiger partial charge in [-0.3, -0.25) is 9.59 Å². The van der Waals surface area contributed by atoms with E-state index in [1.54, 1.807) is 39.0 Å². The van der Waals surface area contributed by atoms with Gasteiger partial charge in [0, 0.05) is 34.6 Å². The number of carbonyl (C=O) groups is 3. The monoisotopic (exact) mass is 839 g/mol. The molecule has 21 atom stereocenters. The molecule has 1 aromatic rings. The number of ether oxygens (including phenoxy) is 4. The van der Waals surface area contributed by atoms with Gasteiger partial charge in [-0.15, -0.1) is 0 Å². The molecule has 3 saturated heterocycles. The Labute approximate surface area is 320 Å². The third-order valence-corrected chi connectivity index (χ3v) is 18.5. The van der Waals surface area contributed by atoms with Gasteiger partial charge in [0.05, 0.1) is 46.2 Å². The number of aliphatic hydroxyl groups is 5. The summed E-state index contributed by atoms with van der Waals surface area (Å²) in [6.07, 6.45) is -9.79. The third kappa shape index (κ3) is 4.05. The molecular weight excluding hydrogens is 794 g/mol. The number of fused-ring (bicyclic) bond motifs is 9. The Morgan fingerprint density at radius 3 is 2.28 bits per heavy atom. The van der Waals surface area contributed by atoms with Gasteiger partial charge in [-0.1, -0.05) is 26.0 Å². The first-order valence-corrected chi connectivity index (χ1v) is 20.8. The molecule has 0 aromatic heterocycles. The maximum Gasteiger partial charge on any atom is 0.341 e. The van der Waals surface area contributed by atoms with Crippen molar-refractivity contribution in [2.24, 2.45) is 57.7 Å². The lowest BCUT2D eigenvalue weighted by atomic mass is 9.39. The highest BCUT2D eigenvalue weighted by atomic mass is 79.9. The highest BCUT2D eigenvalue weighted by Gasteiger charge is 2.93. The number of sulfonamides is 1. The number of Topliss-reactive ketones (excluding diaryl/α,β-unsaturated/α-hetero) is 1. The number of benzene rings is 1. The van der Waals surface area contributed by atoms with Crippen molar-refractivity contribution in [2.75, 3.05) is 0 Å². The van der Waals surface area contributed by atoms with Crippen molar-refractivity contribution in [1.29, 1.82) is 0 Å². The summed E-state index contributed by atoms with van der Waals surface area (Å²) in [5.74, 6) is -11.6. The summed E-state index contributed by atoms with van der Waals surface area (Å²) in [5, 5.41) is 62.9. The summed E-state index contributed by atoms with van der Waals surface area (Å²) in [5.41, 5.74) is -7.36. The quantitative estimate of drug-likeness (QED) is 0.169. The number of ketones is 1. The van der Waals surface area contributed by atoms with E-state index in [2.05, 4.69) is 20.7 Å². The van der Waals surface area contributed by atoms with Crippen molar-refractivity contribution in [1.82, 2.24) is 4.72 Å². The zero-order valence-electron chi connectivity index (χ0n) is 30.5. The Morgan fingerprint density at radius 1 is 0.981 bits per heavy atom. The fourth-order valence-corrected chi connectivity index (χ4v) is 16.0. The van der Waals surface area contributed by atoms with E-state index in [4.69, 9.17) is 18.9 Å². The molecule has 0 bridgehead atoms. The van der Waals surface area contributed by atoms with Crippen LogP contribution in [0.3, 0.4) is 0 Å². The molecule has 0 amide bonds. The van der Waals surface area contributed by atoms with Crippen LogP contribution in [0.25, 0.3) is 0 Å². The van der Waals surface area contributed by atoms with Crippen LogP contribution in [0.2, 0.25) is 0 Å². The van der Waals surface area contributed by atoms with Gasteiger partial charge < -0.3 is 44.5 Å². The van der Waals surface area contributed by atoms with E-state index >= 15 is 0 Å². The smallest absolute Gasteiger partial charge is 0.341 e. The minimum atomic E-state index is -4.39. The fraction of sp³-hybridized carbons (Fsp3) is 0.757. The number of carbonyl (C=O) groups excluding carboxylic acids is 3. The number of rotatable bonds is 5. The Morgan fingerprint density at radius 2 is 1.65 bits per heavy atom. The molecule has 9 rings (SSSR count). The molecular formula is C37H46BrNO14S. The predicted octanol–water partition coefficient (Wildman–Crippen LogP) is 0.0210. The second kappa shape index (κ2) is 11.1. The Bertz CT molecular complexity index is 1980. The molecule has 1 spiro atoms. The second-order valence-electron chi connectivity index (χ2n) is 17.8. The first kappa shape index (κ1) is 37.5. The lowest BCUT2D eigenvalue weighted by molar-refractivity contribution is -0.278. The molecule has 8 fully saturated rings. The Hall–Kier alpha value is -2.06. The van der Waals surface area contributed by atoms with Gasteiger partial charge in [0.1, 0.15) is 30.2 Å². The van der Waals surface area contributed by atoms with Gasteiger partial charge in [0.2, 0.25) is 15.8 Å². The summed E-state index contributed by atoms with van der Waals surface area (Å²) in [6.45, 7) is 8.65. The molecule has 3 heterocycles. The summed E-state index contributed by atoms with van der Waals surface area (Å²) < 4.78 is 55.2. The largest absolute Gasteiger partial charge is 0.459 e. The van der Waals surface area contributed by atoms with Gasteiger partial charge in [0.15, 0.2) is 5.60 Å². The third-order valence-electron chi connectivity index (χ3n) is 16.0. The molecule has 1 unspecified atom stereocenters. The van der Waals surface area contributed by atoms with Crippen molar-refractivity contribution in [3.05, 3.63) is 28.7 Å². The van der Waals surface area contributed by atoms with E-state index in [0.29, 0.717) is 0 Å². The summed E-state index contributed by atoms with van der Waals surface area (Å²) in [7, 11) is -4.39. The van der Waals surface area contributed by atoms with Crippen molar-refractivity contribution in [3.8, 4) is 0 Å². The average molecular weight is 841 g/mol. The first-order valence-electron chi connectivity index (χ1n) is 18.5. The maximum absolute atomic E-state index is 14.6. The fourth-order valence-electron chi connectivity index (χ4n) is 13.7. The number of halogens is 1. The van der Waals surface area contributed by atoms with Crippen molar-refractivity contribution in [3.63, 3.8) is 0 Å². The van der Waals surface area contributed by atoms with Gasteiger partial charge in [-0.2, -0.15) is 0 Å². The molecule has 1 aromatic carbocycles. The molecule has 5 aliphatic carbocycles. The molecule has 17 heteroatoms. The zero-order valence-corrected chi connectivity index (χ0v) is 32.9. The predicted molar refractivity (Wildman–Crippen MR) is 185 cm³/mol. The van der Waals surface area contributed by atoms with Gasteiger partial charge in [-0.25, -0.2) is 17.9 Å². The molecule has 6 N–H and O–H groups in total. The van der Waals surface area contributed by atoms with Crippen molar-refractivity contribution in [2.45, 2.75) is 119 Å². The van der Waals surface area contributed by atoms with Gasteiger partial charge in [0.25, 0.3) is 0 Å². The lowest BCUT2D eigenvalue weighted by Gasteiger charge is -2.67. The highest BCUT2D eigenvalue weighted by molar-refractivity contribution is 9.10. The maximum atomic E-state index is 14.6. The van der Waals surface area contributed by atoms with E-state index in [0.717, 1.165) is 6.92 Å². The first-order chi connectivity index (χ1) is 25.1. The summed E-state index contributed by atoms with van der Waals surface area (Å²) >= 11 is 3.31. The summed E-state index contributed by atoms with van der Waals surface area (Å²) in [4.78, 5) is 40.9. The molecule has 3 aliphatic heterocycles. The van der Waals surface area contributed by atoms with E-state index < -0.39 is 152 Å². The molecule has 296 valence electrons. The second-order valence-corrected chi connectivity index (χ2v) is 20.3. The van der Waals surface area contributed by atoms with E-state index in [9.17, 15) is 48.3 Å². The van der Waals surface area contributed by atoms with Crippen LogP contribution in [0.5, 0.6) is 0 Å². The average Bonchev–Trinajstić information content (AvgIpc) is 3.99. The highest BCUT2D eigenvalue weighted by Crippen LogP contribution is 2.80. The van der Waals surface area contributed by atoms with Gasteiger partial charge in [-0.05, 0) is 78.9 Å². The molecule has 0 radical (unpaired) electrons. The van der Waals surface area contributed by atoms with E-state index in [1.165, 1.54) is 19.9 Å². The Kier molecular flexibility index (Phi) is 7.72. The zero-order chi connectivity index (χ0) is 39.2. The molecule has 8 aliphatic rings. The number of hydrogen-bond acceptors (Lipinski definition) is 14. The minimum Gasteiger partial charge on any atom is -0.459 e. The van der Waals surface area contributed by atoms with E-state index in [1.807, 2.05) is 0 Å². The lowest BCUT2D eigenvalue weighted by Crippen LogP contribution is -2.77. The number of nitrogens with one attached hydrogen (secondary N) is 1. The van der Waals surface area contributed by atoms with Crippen LogP contribution in [-0.4, -0.2) is 118 Å². The molecule has 5 saturated carbocycles. The van der Waals surface area contributed by atoms with Crippen LogP contribution >= 0.6 is 15.9 Å². The van der Waals surface area contributed by atoms with Crippen LogP contribution < -0.4 is 4.72 Å². The number of aliphatic hydroxyl groups excluding tert-OH is 4. The number of epoxide rings is 2. The summed E-state index contributed by atoms with van der Waals surface area (Å²) in [6, 6.07) is 4.80. The van der Waals surface area contributed by atoms with Crippen LogP contribution in [-0.2, 0) is 43.4 Å². The number of hydrogen-bond donors (Lipinski definition) is 6. The number of esters is 2. The van der Waals surface area contributed by atoms with Crippen LogP contribution in [0, 0.1) is 57.7 Å². The van der Waals surface area contributed by atoms with Crippen LogP contribution in [0.4, 0.5) is 0 Å². The van der Waals surface area contributed by atoms with Crippen molar-refractivity contribution < 1.29 is 67.3 Å². The van der Waals surface area contributed by atoms with Gasteiger partial charge >= 0.3 is 11.9 Å². The topological polar surface area (TPSA) is 242 Å². The standard InChI is InChI=1S/C37H46BrNO14S/c1-12-20-23(34(5)35(6,47)32(46)53-37(34)31(12)52-37)26(43)21-19-22(28(50-14(3)41)30(45)36(20,21)13(2)40)33(4)15(11-17-27(51-17)29(33)44)24(25(19)42)39-54(48,49)18-10-8-7-9-16(18)38/h7-10,12,15,17,19-31,39,42-45,47H,11H2,1-6H3/t12-,15?,17-,19-,20-,21+,22+,23-,24+,25+,26+,27-,28-,29-,30-,31+,33-,34-,35+,36+,37-/m0/s1. The minimum absolute atomic E-state index is 0.112. The van der Waals surface area contributed by atoms with Crippen molar-refractivity contribution >= 4 is 43.7 Å². The molecule has 54 heavy (non-hydrogen) atoms.